The molecule has 0 saturated carbocycles. The third kappa shape index (κ3) is 72.0. The molecule has 0 aromatic carbocycles. The van der Waals surface area contributed by atoms with Gasteiger partial charge in [0.25, 0.3) is 7.82 Å². The van der Waals surface area contributed by atoms with Crippen molar-refractivity contribution in [2.45, 2.75) is 418 Å². The molecule has 0 fully saturated rings. The summed E-state index contributed by atoms with van der Waals surface area (Å²) in [6.07, 6.45) is 93.0. The SMILES string of the molecule is CCCCCCC/C=C\C/C=C\CCCCCCCCCCCCCCCCCCCCCCCCCCCC(=O)NC(COP(=O)([O-])OCC[N+](C)(C)C)C(O)/C=C/CCCCCCCCCCCCCCCCCCCCCCCCCCCC. The Morgan fingerprint density at radius 3 is 0.954 bits per heavy atom. The molecular weight excluding hydrogens is 1090 g/mol. The molecule has 3 atom stereocenters. The van der Waals surface area contributed by atoms with Gasteiger partial charge in [-0.1, -0.05) is 384 Å². The van der Waals surface area contributed by atoms with Gasteiger partial charge in [-0.05, 0) is 51.4 Å². The molecule has 1 amide bonds. The molecule has 0 bridgehead atoms. The summed E-state index contributed by atoms with van der Waals surface area (Å²) >= 11 is 0. The van der Waals surface area contributed by atoms with Gasteiger partial charge >= 0.3 is 0 Å². The highest BCUT2D eigenvalue weighted by atomic mass is 31.2. The molecule has 0 aromatic heterocycles. The summed E-state index contributed by atoms with van der Waals surface area (Å²) in [4.78, 5) is 25.7. The van der Waals surface area contributed by atoms with Crippen LogP contribution in [0.5, 0.6) is 0 Å². The number of hydrogen-bond donors (Lipinski definition) is 2. The number of carbonyl (C=O) groups excluding carboxylic acids is 1. The van der Waals surface area contributed by atoms with E-state index in [9.17, 15) is 19.4 Å². The van der Waals surface area contributed by atoms with Gasteiger partial charge in [-0.2, -0.15) is 0 Å². The normalized spacial score (nSPS) is 13.7. The van der Waals surface area contributed by atoms with Crippen molar-refractivity contribution in [1.82, 2.24) is 5.32 Å². The molecule has 2 N–H and O–H groups in total. The van der Waals surface area contributed by atoms with Crippen molar-refractivity contribution >= 4 is 13.7 Å². The van der Waals surface area contributed by atoms with Crippen LogP contribution in [0.2, 0.25) is 0 Å². The predicted molar refractivity (Wildman–Crippen MR) is 381 cm³/mol. The van der Waals surface area contributed by atoms with Crippen LogP contribution in [0.1, 0.15) is 406 Å². The number of aliphatic hydroxyl groups is 1. The Kier molecular flexibility index (Phi) is 68.1. The first kappa shape index (κ1) is 85.7. The summed E-state index contributed by atoms with van der Waals surface area (Å²) in [7, 11) is 1.28. The number of rotatable bonds is 73. The van der Waals surface area contributed by atoms with Gasteiger partial charge in [-0.15, -0.1) is 0 Å². The minimum atomic E-state index is -4.60. The van der Waals surface area contributed by atoms with E-state index in [-0.39, 0.29) is 19.1 Å². The maximum Gasteiger partial charge on any atom is 0.268 e. The van der Waals surface area contributed by atoms with Crippen LogP contribution < -0.4 is 10.2 Å². The van der Waals surface area contributed by atoms with Crippen molar-refractivity contribution in [3.8, 4) is 0 Å². The molecule has 516 valence electrons. The molecule has 0 heterocycles. The standard InChI is InChI=1S/C78H153N2O6P/c1-6-8-10-12-14-16-18-20-22-24-26-28-30-32-34-36-37-38-39-40-41-42-43-44-46-48-50-52-54-56-58-60-62-64-66-68-70-72-78(82)79-76(75-86-87(83,84)85-74-73-80(3,4)5)77(81)71-69-67-65-63-61-59-57-55-53-51-49-47-45-35-33-31-29-27-25-23-21-19-17-15-13-11-9-7-2/h18,20,24,26,69,71,76-77,81H,6-17,19,21-23,25,27-68,70,72-75H2,1-5H3,(H-,79,82,83,84)/b20-18-,26-24-,71-69+. The zero-order chi connectivity index (χ0) is 63.4. The number of hydrogen-bond acceptors (Lipinski definition) is 6. The first-order valence-electron chi connectivity index (χ1n) is 38.9. The number of likely N-dealkylation sites (N-methyl/N-ethyl adjacent to an activating group) is 1. The van der Waals surface area contributed by atoms with Gasteiger partial charge < -0.3 is 28.8 Å². The van der Waals surface area contributed by atoms with Gasteiger partial charge in [0, 0.05) is 6.42 Å². The number of phosphoric acid groups is 1. The van der Waals surface area contributed by atoms with Crippen molar-refractivity contribution in [2.24, 2.45) is 0 Å². The first-order chi connectivity index (χ1) is 42.5. The number of aliphatic hydroxyl groups excluding tert-OH is 1. The number of unbranched alkanes of at least 4 members (excludes halogenated alkanes) is 56. The van der Waals surface area contributed by atoms with E-state index >= 15 is 0 Å². The summed E-state index contributed by atoms with van der Waals surface area (Å²) in [5, 5.41) is 14.0. The first-order valence-corrected chi connectivity index (χ1v) is 40.3. The molecule has 8 nitrogen and oxygen atoms in total. The minimum absolute atomic E-state index is 0.00175. The highest BCUT2D eigenvalue weighted by Crippen LogP contribution is 2.38. The van der Waals surface area contributed by atoms with Crippen LogP contribution in [-0.4, -0.2) is 68.5 Å². The topological polar surface area (TPSA) is 108 Å². The van der Waals surface area contributed by atoms with Gasteiger partial charge in [-0.25, -0.2) is 0 Å². The van der Waals surface area contributed by atoms with Crippen LogP contribution in [0.3, 0.4) is 0 Å². The van der Waals surface area contributed by atoms with Gasteiger partial charge in [0.1, 0.15) is 13.2 Å². The molecule has 0 rings (SSSR count). The molecule has 0 radical (unpaired) electrons. The van der Waals surface area contributed by atoms with E-state index < -0.39 is 20.0 Å². The molecule has 3 unspecified atom stereocenters. The second-order valence-corrected chi connectivity index (χ2v) is 29.5. The lowest BCUT2D eigenvalue weighted by Gasteiger charge is -2.29. The quantitative estimate of drug-likeness (QED) is 0.0272. The Bertz CT molecular complexity index is 1510. The number of amides is 1. The Morgan fingerprint density at radius 2 is 0.667 bits per heavy atom. The van der Waals surface area contributed by atoms with Crippen LogP contribution in [0.25, 0.3) is 0 Å². The molecule has 0 saturated heterocycles. The van der Waals surface area contributed by atoms with Crippen LogP contribution in [0.4, 0.5) is 0 Å². The molecule has 0 aliphatic heterocycles. The second kappa shape index (κ2) is 69.1. The Hall–Kier alpha value is -1.28. The van der Waals surface area contributed by atoms with Crippen molar-refractivity contribution in [2.75, 3.05) is 40.9 Å². The molecule has 87 heavy (non-hydrogen) atoms. The fourth-order valence-corrected chi connectivity index (χ4v) is 12.8. The smallest absolute Gasteiger partial charge is 0.268 e. The van der Waals surface area contributed by atoms with E-state index in [4.69, 9.17) is 9.05 Å². The van der Waals surface area contributed by atoms with E-state index in [0.29, 0.717) is 17.4 Å². The Balaban J connectivity index is 3.95. The number of allylic oxidation sites excluding steroid dienone is 5. The summed E-state index contributed by atoms with van der Waals surface area (Å²) in [6, 6.07) is -0.886. The predicted octanol–water partition coefficient (Wildman–Crippen LogP) is 24.5. The fourth-order valence-electron chi connectivity index (χ4n) is 12.1. The second-order valence-electron chi connectivity index (χ2n) is 28.1. The van der Waals surface area contributed by atoms with Crippen LogP contribution in [0, 0.1) is 0 Å². The maximum absolute atomic E-state index is 13.1. The maximum atomic E-state index is 13.1. The number of nitrogens with zero attached hydrogens (tertiary/aromatic N) is 1. The third-order valence-corrected chi connectivity index (χ3v) is 19.1. The lowest BCUT2D eigenvalue weighted by atomic mass is 10.0. The summed E-state index contributed by atoms with van der Waals surface area (Å²) < 4.78 is 23.5. The van der Waals surface area contributed by atoms with E-state index in [1.54, 1.807) is 6.08 Å². The fraction of sp³-hybridized carbons (Fsp3) is 0.910. The number of phosphoric ester groups is 1. The zero-order valence-electron chi connectivity index (χ0n) is 59.3. The third-order valence-electron chi connectivity index (χ3n) is 18.1. The molecule has 0 spiro atoms. The minimum Gasteiger partial charge on any atom is -0.756 e. The summed E-state index contributed by atoms with van der Waals surface area (Å²) in [5.41, 5.74) is 0. The van der Waals surface area contributed by atoms with E-state index in [1.807, 2.05) is 27.2 Å². The van der Waals surface area contributed by atoms with Crippen molar-refractivity contribution in [3.63, 3.8) is 0 Å². The van der Waals surface area contributed by atoms with Crippen LogP contribution in [-0.2, 0) is 18.4 Å². The lowest BCUT2D eigenvalue weighted by Crippen LogP contribution is -2.45. The van der Waals surface area contributed by atoms with Crippen LogP contribution in [0.15, 0.2) is 36.5 Å². The van der Waals surface area contributed by atoms with Gasteiger partial charge in [0.05, 0.1) is 39.9 Å². The largest absolute Gasteiger partial charge is 0.756 e. The van der Waals surface area contributed by atoms with Crippen molar-refractivity contribution in [3.05, 3.63) is 36.5 Å². The van der Waals surface area contributed by atoms with Crippen molar-refractivity contribution < 1.29 is 32.9 Å². The Labute approximate surface area is 544 Å². The van der Waals surface area contributed by atoms with Crippen LogP contribution >= 0.6 is 7.82 Å². The molecule has 0 aliphatic carbocycles. The number of carbonyl (C=O) groups is 1. The molecule has 9 heteroatoms. The highest BCUT2D eigenvalue weighted by Gasteiger charge is 2.23. The summed E-state index contributed by atoms with van der Waals surface area (Å²) in [6.45, 7) is 4.71. The molecule has 0 aromatic rings. The highest BCUT2D eigenvalue weighted by molar-refractivity contribution is 7.45. The van der Waals surface area contributed by atoms with Gasteiger partial charge in [0.2, 0.25) is 5.91 Å². The summed E-state index contributed by atoms with van der Waals surface area (Å²) in [5.74, 6) is -0.188. The van der Waals surface area contributed by atoms with Gasteiger partial charge in [0.15, 0.2) is 0 Å². The average molecular weight is 1250 g/mol. The molecular formula is C78H153N2O6P. The zero-order valence-corrected chi connectivity index (χ0v) is 60.2. The lowest BCUT2D eigenvalue weighted by molar-refractivity contribution is -0.870. The monoisotopic (exact) mass is 1250 g/mol. The average Bonchev–Trinajstić information content (AvgIpc) is 3.70. The van der Waals surface area contributed by atoms with Gasteiger partial charge in [-0.3, -0.25) is 9.36 Å². The Morgan fingerprint density at radius 1 is 0.402 bits per heavy atom. The van der Waals surface area contributed by atoms with E-state index in [2.05, 4.69) is 43.5 Å². The van der Waals surface area contributed by atoms with Crippen molar-refractivity contribution in [1.29, 1.82) is 0 Å². The van der Waals surface area contributed by atoms with E-state index in [1.165, 1.54) is 340 Å². The molecule has 0 aliphatic rings. The number of nitrogens with one attached hydrogen (secondary N) is 1. The van der Waals surface area contributed by atoms with E-state index in [0.717, 1.165) is 44.9 Å². The number of quaternary nitrogens is 1.